The second kappa shape index (κ2) is 7.48. The van der Waals surface area contributed by atoms with Gasteiger partial charge in [-0.15, -0.1) is 0 Å². The van der Waals surface area contributed by atoms with Crippen molar-refractivity contribution in [1.29, 1.82) is 0 Å². The Labute approximate surface area is 162 Å². The molecule has 5 nitrogen and oxygen atoms in total. The number of hydrogen-bond donors (Lipinski definition) is 1. The van der Waals surface area contributed by atoms with E-state index >= 15 is 0 Å². The van der Waals surface area contributed by atoms with Crippen LogP contribution in [-0.4, -0.2) is 23.0 Å². The molecule has 1 unspecified atom stereocenters. The van der Waals surface area contributed by atoms with Crippen LogP contribution in [0, 0.1) is 0 Å². The van der Waals surface area contributed by atoms with E-state index in [1.54, 1.807) is 19.1 Å². The van der Waals surface area contributed by atoms with E-state index in [2.05, 4.69) is 10.3 Å². The van der Waals surface area contributed by atoms with Crippen LogP contribution in [0.4, 0.5) is 5.69 Å². The van der Waals surface area contributed by atoms with Crippen molar-refractivity contribution in [2.45, 2.75) is 13.0 Å². The van der Waals surface area contributed by atoms with Crippen LogP contribution in [0.25, 0.3) is 21.7 Å². The lowest BCUT2D eigenvalue weighted by Crippen LogP contribution is -2.30. The maximum atomic E-state index is 12.5. The number of ether oxygens (including phenoxy) is 1. The number of anilines is 1. The highest BCUT2D eigenvalue weighted by Crippen LogP contribution is 2.23. The maximum absolute atomic E-state index is 12.5. The van der Waals surface area contributed by atoms with E-state index in [4.69, 9.17) is 4.74 Å². The Kier molecular flexibility index (Phi) is 4.72. The van der Waals surface area contributed by atoms with E-state index in [1.807, 2.05) is 66.7 Å². The quantitative estimate of drug-likeness (QED) is 0.534. The summed E-state index contributed by atoms with van der Waals surface area (Å²) in [5.74, 6) is -1.03. The molecule has 28 heavy (non-hydrogen) atoms. The van der Waals surface area contributed by atoms with E-state index < -0.39 is 18.0 Å². The fourth-order valence-corrected chi connectivity index (χ4v) is 3.02. The number of hydrogen-bond acceptors (Lipinski definition) is 4. The molecule has 138 valence electrons. The summed E-state index contributed by atoms with van der Waals surface area (Å²) in [6.45, 7) is 1.54. The zero-order chi connectivity index (χ0) is 19.5. The molecule has 1 atom stereocenters. The van der Waals surface area contributed by atoms with Crippen LogP contribution >= 0.6 is 0 Å². The molecular weight excluding hydrogens is 352 g/mol. The Morgan fingerprint density at radius 3 is 2.43 bits per heavy atom. The van der Waals surface area contributed by atoms with Gasteiger partial charge in [0.1, 0.15) is 5.69 Å². The average molecular weight is 370 g/mol. The number of pyridine rings is 1. The number of carbonyl (C=O) groups excluding carboxylic acids is 2. The summed E-state index contributed by atoms with van der Waals surface area (Å²) in [5, 5.41) is 5.71. The number of carbonyl (C=O) groups is 2. The number of aromatic nitrogens is 1. The van der Waals surface area contributed by atoms with E-state index in [9.17, 15) is 9.59 Å². The molecule has 0 spiro atoms. The normalized spacial score (nSPS) is 11.9. The second-order valence-electron chi connectivity index (χ2n) is 6.45. The molecule has 1 heterocycles. The second-order valence-corrected chi connectivity index (χ2v) is 6.45. The Balaban J connectivity index is 1.48. The Morgan fingerprint density at radius 2 is 1.57 bits per heavy atom. The highest BCUT2D eigenvalue weighted by atomic mass is 16.5. The van der Waals surface area contributed by atoms with Gasteiger partial charge in [0.15, 0.2) is 6.10 Å². The first-order valence-corrected chi connectivity index (χ1v) is 8.97. The van der Waals surface area contributed by atoms with Crippen molar-refractivity contribution in [1.82, 2.24) is 4.98 Å². The molecule has 0 aliphatic heterocycles. The lowest BCUT2D eigenvalue weighted by Gasteiger charge is -2.14. The molecule has 4 rings (SSSR count). The third-order valence-corrected chi connectivity index (χ3v) is 4.51. The zero-order valence-corrected chi connectivity index (χ0v) is 15.3. The van der Waals surface area contributed by atoms with Gasteiger partial charge in [-0.1, -0.05) is 60.7 Å². The van der Waals surface area contributed by atoms with Gasteiger partial charge in [0.2, 0.25) is 0 Å². The predicted molar refractivity (Wildman–Crippen MR) is 109 cm³/mol. The van der Waals surface area contributed by atoms with Crippen molar-refractivity contribution >= 4 is 39.2 Å². The highest BCUT2D eigenvalue weighted by molar-refractivity contribution is 6.04. The van der Waals surface area contributed by atoms with Crippen molar-refractivity contribution in [3.63, 3.8) is 0 Å². The van der Waals surface area contributed by atoms with Crippen LogP contribution in [0.15, 0.2) is 78.9 Å². The smallest absolute Gasteiger partial charge is 0.357 e. The first-order chi connectivity index (χ1) is 13.6. The number of nitrogens with one attached hydrogen (secondary N) is 1. The fraction of sp³-hybridized carbons (Fsp3) is 0.0870. The summed E-state index contributed by atoms with van der Waals surface area (Å²) in [6, 6.07) is 24.3. The standard InChI is InChI=1S/C23H18N2O3/c1-15(22(26)25-20-12-6-9-16-7-2-4-10-18(16)20)28-23(27)21-14-13-17-8-3-5-11-19(17)24-21/h2-15H,1H3,(H,25,26). The maximum Gasteiger partial charge on any atom is 0.357 e. The SMILES string of the molecule is CC(OC(=O)c1ccc2ccccc2n1)C(=O)Nc1cccc2ccccc12. The molecule has 4 aromatic rings. The lowest BCUT2D eigenvalue weighted by atomic mass is 10.1. The minimum Gasteiger partial charge on any atom is -0.448 e. The molecule has 0 saturated heterocycles. The van der Waals surface area contributed by atoms with Gasteiger partial charge in [-0.05, 0) is 30.5 Å². The Bertz CT molecular complexity index is 1180. The van der Waals surface area contributed by atoms with Crippen LogP contribution in [0.5, 0.6) is 0 Å². The van der Waals surface area contributed by atoms with Crippen molar-refractivity contribution in [2.24, 2.45) is 0 Å². The van der Waals surface area contributed by atoms with Gasteiger partial charge in [-0.3, -0.25) is 4.79 Å². The van der Waals surface area contributed by atoms with Crippen molar-refractivity contribution in [2.75, 3.05) is 5.32 Å². The van der Waals surface area contributed by atoms with E-state index in [-0.39, 0.29) is 5.69 Å². The third kappa shape index (κ3) is 3.55. The van der Waals surface area contributed by atoms with Gasteiger partial charge in [-0.25, -0.2) is 9.78 Å². The van der Waals surface area contributed by atoms with E-state index in [1.165, 1.54) is 0 Å². The molecule has 5 heteroatoms. The fourth-order valence-electron chi connectivity index (χ4n) is 3.02. The molecule has 0 aliphatic carbocycles. The van der Waals surface area contributed by atoms with E-state index in [0.29, 0.717) is 11.2 Å². The van der Waals surface area contributed by atoms with Crippen molar-refractivity contribution in [3.05, 3.63) is 84.6 Å². The zero-order valence-electron chi connectivity index (χ0n) is 15.3. The third-order valence-electron chi connectivity index (χ3n) is 4.51. The summed E-state index contributed by atoms with van der Waals surface area (Å²) in [5.41, 5.74) is 1.54. The largest absolute Gasteiger partial charge is 0.448 e. The molecule has 0 radical (unpaired) electrons. The minimum atomic E-state index is -0.959. The molecule has 0 aliphatic rings. The molecule has 0 bridgehead atoms. The van der Waals surface area contributed by atoms with Crippen molar-refractivity contribution < 1.29 is 14.3 Å². The topological polar surface area (TPSA) is 68.3 Å². The number of fused-ring (bicyclic) bond motifs is 2. The molecule has 1 amide bonds. The Morgan fingerprint density at radius 1 is 0.857 bits per heavy atom. The van der Waals surface area contributed by atoms with Crippen LogP contribution < -0.4 is 5.32 Å². The van der Waals surface area contributed by atoms with Gasteiger partial charge < -0.3 is 10.1 Å². The first kappa shape index (κ1) is 17.7. The minimum absolute atomic E-state index is 0.170. The monoisotopic (exact) mass is 370 g/mol. The van der Waals surface area contributed by atoms with Gasteiger partial charge in [-0.2, -0.15) is 0 Å². The summed E-state index contributed by atoms with van der Waals surface area (Å²) in [4.78, 5) is 29.2. The summed E-state index contributed by atoms with van der Waals surface area (Å²) in [6.07, 6.45) is -0.959. The number of rotatable bonds is 4. The van der Waals surface area contributed by atoms with Crippen LogP contribution in [0.2, 0.25) is 0 Å². The molecule has 0 fully saturated rings. The number of benzene rings is 3. The van der Waals surface area contributed by atoms with Crippen LogP contribution in [0.1, 0.15) is 17.4 Å². The number of esters is 1. The van der Waals surface area contributed by atoms with Crippen molar-refractivity contribution in [3.8, 4) is 0 Å². The number of para-hydroxylation sites is 1. The Hall–Kier alpha value is -3.73. The number of nitrogens with zero attached hydrogens (tertiary/aromatic N) is 1. The molecule has 1 N–H and O–H groups in total. The molecule has 1 aromatic heterocycles. The van der Waals surface area contributed by atoms with Gasteiger partial charge >= 0.3 is 5.97 Å². The first-order valence-electron chi connectivity index (χ1n) is 8.97. The van der Waals surface area contributed by atoms with Gasteiger partial charge in [0.25, 0.3) is 5.91 Å². The number of amides is 1. The molecular formula is C23H18N2O3. The molecule has 3 aromatic carbocycles. The summed E-state index contributed by atoms with van der Waals surface area (Å²) >= 11 is 0. The van der Waals surface area contributed by atoms with Crippen LogP contribution in [-0.2, 0) is 9.53 Å². The van der Waals surface area contributed by atoms with Gasteiger partial charge in [0.05, 0.1) is 5.52 Å². The molecule has 0 saturated carbocycles. The van der Waals surface area contributed by atoms with E-state index in [0.717, 1.165) is 16.2 Å². The highest BCUT2D eigenvalue weighted by Gasteiger charge is 2.20. The van der Waals surface area contributed by atoms with Crippen LogP contribution in [0.3, 0.4) is 0 Å². The average Bonchev–Trinajstić information content (AvgIpc) is 2.73. The summed E-state index contributed by atoms with van der Waals surface area (Å²) < 4.78 is 5.32. The summed E-state index contributed by atoms with van der Waals surface area (Å²) in [7, 11) is 0. The lowest BCUT2D eigenvalue weighted by molar-refractivity contribution is -0.123. The predicted octanol–water partition coefficient (Wildman–Crippen LogP) is 4.57. The van der Waals surface area contributed by atoms with Gasteiger partial charge in [0, 0.05) is 16.5 Å².